The average Bonchev–Trinajstić information content (AvgIpc) is 2.66. The second kappa shape index (κ2) is 5.52. The van der Waals surface area contributed by atoms with E-state index >= 15 is 0 Å². The van der Waals surface area contributed by atoms with E-state index in [0.29, 0.717) is 22.9 Å². The van der Waals surface area contributed by atoms with Crippen molar-refractivity contribution in [3.8, 4) is 5.75 Å². The highest BCUT2D eigenvalue weighted by Gasteiger charge is 2.12. The van der Waals surface area contributed by atoms with Crippen molar-refractivity contribution in [3.63, 3.8) is 0 Å². The van der Waals surface area contributed by atoms with Crippen LogP contribution in [0.25, 0.3) is 0 Å². The topological polar surface area (TPSA) is 94.2 Å². The predicted octanol–water partition coefficient (Wildman–Crippen LogP) is 1.96. The predicted molar refractivity (Wildman–Crippen MR) is 78.0 cm³/mol. The van der Waals surface area contributed by atoms with Gasteiger partial charge in [-0.1, -0.05) is 0 Å². The van der Waals surface area contributed by atoms with Gasteiger partial charge in [0.2, 0.25) is 0 Å². The molecule has 7 heteroatoms. The molecule has 0 aliphatic heterocycles. The molecule has 2 aromatic rings. The Morgan fingerprint density at radius 2 is 1.95 bits per heavy atom. The van der Waals surface area contributed by atoms with Crippen LogP contribution in [-0.4, -0.2) is 22.9 Å². The number of carbonyl (C=O) groups is 1. The second-order valence-electron chi connectivity index (χ2n) is 4.28. The fourth-order valence-electron chi connectivity index (χ4n) is 1.77. The molecule has 1 heterocycles. The maximum absolute atomic E-state index is 11.9. The summed E-state index contributed by atoms with van der Waals surface area (Å²) >= 11 is 0. The van der Waals surface area contributed by atoms with Crippen LogP contribution in [-0.2, 0) is 7.05 Å². The highest BCUT2D eigenvalue weighted by molar-refractivity contribution is 6.01. The van der Waals surface area contributed by atoms with Crippen molar-refractivity contribution >= 4 is 23.2 Å². The van der Waals surface area contributed by atoms with E-state index in [2.05, 4.69) is 15.7 Å². The van der Waals surface area contributed by atoms with Crippen LogP contribution in [0.4, 0.5) is 22.0 Å². The number of amides is 2. The van der Waals surface area contributed by atoms with Gasteiger partial charge in [0.25, 0.3) is 0 Å². The lowest BCUT2D eigenvalue weighted by Gasteiger charge is -2.09. The van der Waals surface area contributed by atoms with Gasteiger partial charge in [0, 0.05) is 12.7 Å². The molecule has 0 fully saturated rings. The fraction of sp³-hybridized carbons (Fsp3) is 0.231. The summed E-state index contributed by atoms with van der Waals surface area (Å²) in [6, 6.07) is 6.63. The van der Waals surface area contributed by atoms with Gasteiger partial charge in [0.1, 0.15) is 5.75 Å². The highest BCUT2D eigenvalue weighted by atomic mass is 16.5. The molecule has 106 valence electrons. The number of nitrogen functional groups attached to an aromatic ring is 1. The Kier molecular flexibility index (Phi) is 3.79. The fourth-order valence-corrected chi connectivity index (χ4v) is 1.77. The van der Waals surface area contributed by atoms with E-state index in [1.54, 1.807) is 45.3 Å². The smallest absolute Gasteiger partial charge is 0.324 e. The minimum atomic E-state index is -0.384. The van der Waals surface area contributed by atoms with E-state index in [1.807, 2.05) is 0 Å². The number of aromatic nitrogens is 2. The minimum Gasteiger partial charge on any atom is -0.497 e. The maximum Gasteiger partial charge on any atom is 0.324 e. The summed E-state index contributed by atoms with van der Waals surface area (Å²) in [4.78, 5) is 11.9. The molecule has 0 spiro atoms. The van der Waals surface area contributed by atoms with E-state index in [4.69, 9.17) is 10.5 Å². The Bertz CT molecular complexity index is 618. The summed E-state index contributed by atoms with van der Waals surface area (Å²) in [7, 11) is 3.30. The number of methoxy groups -OCH3 is 1. The zero-order chi connectivity index (χ0) is 14.7. The third-order valence-corrected chi connectivity index (χ3v) is 2.85. The molecule has 1 aromatic heterocycles. The van der Waals surface area contributed by atoms with Crippen LogP contribution in [0.15, 0.2) is 24.3 Å². The number of nitrogens with one attached hydrogen (secondary N) is 2. The standard InChI is InChI=1S/C13H17N5O2/c1-8-11(14)12(18(2)17-8)16-13(19)15-9-4-6-10(20-3)7-5-9/h4-7H,14H2,1-3H3,(H2,15,16,19). The lowest BCUT2D eigenvalue weighted by atomic mass is 10.3. The second-order valence-corrected chi connectivity index (χ2v) is 4.28. The van der Waals surface area contributed by atoms with Gasteiger partial charge in [-0.25, -0.2) is 4.79 Å². The number of aryl methyl sites for hydroxylation is 2. The highest BCUT2D eigenvalue weighted by Crippen LogP contribution is 2.21. The number of carbonyl (C=O) groups excluding carboxylic acids is 1. The molecule has 7 nitrogen and oxygen atoms in total. The first kappa shape index (κ1) is 13.7. The van der Waals surface area contributed by atoms with Gasteiger partial charge < -0.3 is 15.8 Å². The Balaban J connectivity index is 2.05. The Morgan fingerprint density at radius 1 is 1.30 bits per heavy atom. The van der Waals surface area contributed by atoms with Gasteiger partial charge in [-0.15, -0.1) is 0 Å². The quantitative estimate of drug-likeness (QED) is 0.798. The third-order valence-electron chi connectivity index (χ3n) is 2.85. The first-order valence-electron chi connectivity index (χ1n) is 6.02. The van der Waals surface area contributed by atoms with Crippen molar-refractivity contribution in [3.05, 3.63) is 30.0 Å². The van der Waals surface area contributed by atoms with E-state index in [-0.39, 0.29) is 6.03 Å². The van der Waals surface area contributed by atoms with E-state index in [9.17, 15) is 4.79 Å². The van der Waals surface area contributed by atoms with Crippen LogP contribution in [0, 0.1) is 6.92 Å². The Labute approximate surface area is 116 Å². The molecule has 4 N–H and O–H groups in total. The van der Waals surface area contributed by atoms with Crippen molar-refractivity contribution in [2.24, 2.45) is 7.05 Å². The van der Waals surface area contributed by atoms with Crippen LogP contribution in [0.1, 0.15) is 5.69 Å². The van der Waals surface area contributed by atoms with Crippen LogP contribution in [0.3, 0.4) is 0 Å². The van der Waals surface area contributed by atoms with E-state index < -0.39 is 0 Å². The molecule has 1 aromatic carbocycles. The third kappa shape index (κ3) is 2.82. The molecule has 0 unspecified atom stereocenters. The number of urea groups is 1. The van der Waals surface area contributed by atoms with Crippen LogP contribution in [0.2, 0.25) is 0 Å². The number of rotatable bonds is 3. The molecule has 0 saturated heterocycles. The molecule has 0 aliphatic rings. The number of ether oxygens (including phenoxy) is 1. The number of benzene rings is 1. The molecule has 0 aliphatic carbocycles. The molecule has 2 amide bonds. The van der Waals surface area contributed by atoms with Crippen LogP contribution >= 0.6 is 0 Å². The summed E-state index contributed by atoms with van der Waals surface area (Å²) < 4.78 is 6.57. The number of anilines is 3. The first-order valence-corrected chi connectivity index (χ1v) is 6.02. The van der Waals surface area contributed by atoms with Crippen molar-refractivity contribution in [2.75, 3.05) is 23.5 Å². The zero-order valence-electron chi connectivity index (χ0n) is 11.6. The number of hydrogen-bond acceptors (Lipinski definition) is 4. The molecular weight excluding hydrogens is 258 g/mol. The van der Waals surface area contributed by atoms with Gasteiger partial charge in [-0.2, -0.15) is 5.10 Å². The van der Waals surface area contributed by atoms with Gasteiger partial charge in [-0.05, 0) is 31.2 Å². The molecule has 20 heavy (non-hydrogen) atoms. The number of hydrogen-bond donors (Lipinski definition) is 3. The van der Waals surface area contributed by atoms with Crippen molar-refractivity contribution in [1.82, 2.24) is 9.78 Å². The number of nitrogens with zero attached hydrogens (tertiary/aromatic N) is 2. The Morgan fingerprint density at radius 3 is 2.45 bits per heavy atom. The summed E-state index contributed by atoms with van der Waals surface area (Å²) in [5, 5.41) is 9.50. The number of nitrogens with two attached hydrogens (primary N) is 1. The lowest BCUT2D eigenvalue weighted by molar-refractivity contribution is 0.262. The molecule has 0 atom stereocenters. The SMILES string of the molecule is COc1ccc(NC(=O)Nc2c(N)c(C)nn2C)cc1. The lowest BCUT2D eigenvalue weighted by Crippen LogP contribution is -2.21. The van der Waals surface area contributed by atoms with E-state index in [0.717, 1.165) is 5.75 Å². The summed E-state index contributed by atoms with van der Waals surface area (Å²) in [5.41, 5.74) is 7.62. The summed E-state index contributed by atoms with van der Waals surface area (Å²) in [6.07, 6.45) is 0. The normalized spacial score (nSPS) is 10.2. The van der Waals surface area contributed by atoms with E-state index in [1.165, 1.54) is 4.68 Å². The first-order chi connectivity index (χ1) is 9.51. The average molecular weight is 275 g/mol. The van der Waals surface area contributed by atoms with Crippen LogP contribution in [0.5, 0.6) is 5.75 Å². The van der Waals surface area contributed by atoms with Gasteiger partial charge in [-0.3, -0.25) is 10.00 Å². The minimum absolute atomic E-state index is 0.384. The Hall–Kier alpha value is -2.70. The summed E-state index contributed by atoms with van der Waals surface area (Å²) in [6.45, 7) is 1.78. The zero-order valence-corrected chi connectivity index (χ0v) is 11.6. The van der Waals surface area contributed by atoms with Gasteiger partial charge >= 0.3 is 6.03 Å². The van der Waals surface area contributed by atoms with Crippen LogP contribution < -0.4 is 21.1 Å². The molecule has 0 bridgehead atoms. The maximum atomic E-state index is 11.9. The molecule has 0 radical (unpaired) electrons. The molecule has 2 rings (SSSR count). The molecular formula is C13H17N5O2. The van der Waals surface area contributed by atoms with Crippen molar-refractivity contribution in [2.45, 2.75) is 6.92 Å². The van der Waals surface area contributed by atoms with Gasteiger partial charge in [0.15, 0.2) is 5.82 Å². The largest absolute Gasteiger partial charge is 0.497 e. The van der Waals surface area contributed by atoms with Crippen molar-refractivity contribution < 1.29 is 9.53 Å². The summed E-state index contributed by atoms with van der Waals surface area (Å²) in [5.74, 6) is 1.19. The van der Waals surface area contributed by atoms with Gasteiger partial charge in [0.05, 0.1) is 18.5 Å². The van der Waals surface area contributed by atoms with Crippen molar-refractivity contribution in [1.29, 1.82) is 0 Å². The monoisotopic (exact) mass is 275 g/mol. The molecule has 0 saturated carbocycles.